The van der Waals surface area contributed by atoms with Crippen LogP contribution in [0.1, 0.15) is 29.7 Å². The highest BCUT2D eigenvalue weighted by Gasteiger charge is 2.22. The molecular weight excluding hydrogens is 386 g/mol. The van der Waals surface area contributed by atoms with E-state index >= 15 is 0 Å². The first-order chi connectivity index (χ1) is 14.5. The highest BCUT2D eigenvalue weighted by Crippen LogP contribution is 2.34. The van der Waals surface area contributed by atoms with Crippen LogP contribution in [-0.2, 0) is 16.0 Å². The molecule has 2 aromatic carbocycles. The lowest BCUT2D eigenvalue weighted by molar-refractivity contribution is -0.147. The Hall–Kier alpha value is -3.87. The zero-order chi connectivity index (χ0) is 21.3. The summed E-state index contributed by atoms with van der Waals surface area (Å²) in [4.78, 5) is 35.3. The third-order valence-electron chi connectivity index (χ3n) is 5.07. The number of carbonyl (C=O) groups is 2. The Labute approximate surface area is 171 Å². The minimum absolute atomic E-state index is 0.118. The second kappa shape index (κ2) is 7.87. The molecule has 0 unspecified atom stereocenters. The molecule has 0 saturated carbocycles. The molecule has 1 heterocycles. The number of carboxylic acids is 1. The van der Waals surface area contributed by atoms with Crippen LogP contribution in [0.2, 0.25) is 0 Å². The number of aliphatic carboxylic acids is 1. The molecule has 3 aromatic rings. The van der Waals surface area contributed by atoms with Gasteiger partial charge in [0.2, 0.25) is 0 Å². The van der Waals surface area contributed by atoms with Gasteiger partial charge in [-0.1, -0.05) is 18.2 Å². The molecule has 1 aromatic heterocycles. The molecule has 1 amide bonds. The molecular formula is C23H19NO6. The number of fused-ring (bicyclic) bond motifs is 2. The molecule has 0 aliphatic heterocycles. The topological polar surface area (TPSA) is 106 Å². The van der Waals surface area contributed by atoms with Crippen LogP contribution in [0.25, 0.3) is 22.6 Å². The summed E-state index contributed by atoms with van der Waals surface area (Å²) in [7, 11) is 1.60. The maximum absolute atomic E-state index is 13.0. The van der Waals surface area contributed by atoms with Crippen LogP contribution >= 0.6 is 0 Å². The van der Waals surface area contributed by atoms with Gasteiger partial charge in [0.05, 0.1) is 12.5 Å². The predicted molar refractivity (Wildman–Crippen MR) is 113 cm³/mol. The molecule has 2 N–H and O–H groups in total. The Balaban J connectivity index is 1.84. The van der Waals surface area contributed by atoms with Gasteiger partial charge < -0.3 is 19.6 Å². The number of para-hydroxylation sites is 1. The van der Waals surface area contributed by atoms with Crippen molar-refractivity contribution in [2.24, 2.45) is 0 Å². The Morgan fingerprint density at radius 3 is 2.73 bits per heavy atom. The largest absolute Gasteiger partial charge is 0.496 e. The maximum atomic E-state index is 13.0. The van der Waals surface area contributed by atoms with E-state index < -0.39 is 11.9 Å². The summed E-state index contributed by atoms with van der Waals surface area (Å²) in [5.41, 5.74) is 2.80. The second-order valence-corrected chi connectivity index (χ2v) is 6.97. The predicted octanol–water partition coefficient (Wildman–Crippen LogP) is 3.70. The van der Waals surface area contributed by atoms with Crippen molar-refractivity contribution in [3.8, 4) is 5.75 Å². The lowest BCUT2D eigenvalue weighted by Gasteiger charge is -2.18. The first kappa shape index (κ1) is 19.4. The number of amides is 1. The number of carboxylic acid groups (broad SMARTS) is 1. The standard InChI is InChI=1S/C23H19NO6/c1-29-18-8-3-2-5-13(18)11-14-6-4-7-17-20(25)16-10-9-15(24-22(26)23(27)28)12-19(16)30-21(14)17/h2-3,5,8-12H,4,6-7H2,1H3,(H,24,26)(H,27,28)/b14-11+. The number of rotatable bonds is 3. The van der Waals surface area contributed by atoms with Crippen LogP contribution in [0.4, 0.5) is 5.69 Å². The van der Waals surface area contributed by atoms with Crippen molar-refractivity contribution in [1.82, 2.24) is 0 Å². The van der Waals surface area contributed by atoms with E-state index in [9.17, 15) is 14.4 Å². The highest BCUT2D eigenvalue weighted by molar-refractivity contribution is 6.36. The van der Waals surface area contributed by atoms with Gasteiger partial charge >= 0.3 is 11.9 Å². The lowest BCUT2D eigenvalue weighted by atomic mass is 9.90. The van der Waals surface area contributed by atoms with E-state index in [0.717, 1.165) is 29.7 Å². The number of hydrogen-bond acceptors (Lipinski definition) is 5. The molecule has 4 rings (SSSR count). The molecule has 152 valence electrons. The minimum atomic E-state index is -1.59. The van der Waals surface area contributed by atoms with E-state index in [2.05, 4.69) is 5.32 Å². The molecule has 1 aliphatic carbocycles. The van der Waals surface area contributed by atoms with E-state index in [1.165, 1.54) is 18.2 Å². The number of nitrogens with one attached hydrogen (secondary N) is 1. The van der Waals surface area contributed by atoms with E-state index in [4.69, 9.17) is 14.3 Å². The maximum Gasteiger partial charge on any atom is 0.394 e. The van der Waals surface area contributed by atoms with E-state index in [1.54, 1.807) is 7.11 Å². The van der Waals surface area contributed by atoms with Gasteiger partial charge in [0.15, 0.2) is 5.43 Å². The molecule has 0 saturated heterocycles. The van der Waals surface area contributed by atoms with Crippen molar-refractivity contribution in [1.29, 1.82) is 0 Å². The quantitative estimate of drug-likeness (QED) is 0.644. The number of anilines is 1. The molecule has 0 atom stereocenters. The minimum Gasteiger partial charge on any atom is -0.496 e. The van der Waals surface area contributed by atoms with E-state index in [1.807, 2.05) is 30.3 Å². The third-order valence-corrected chi connectivity index (χ3v) is 5.07. The van der Waals surface area contributed by atoms with Crippen LogP contribution in [0, 0.1) is 0 Å². The summed E-state index contributed by atoms with van der Waals surface area (Å²) in [6, 6.07) is 12.1. The van der Waals surface area contributed by atoms with Gasteiger partial charge in [-0.25, -0.2) is 4.79 Å². The summed E-state index contributed by atoms with van der Waals surface area (Å²) < 4.78 is 11.5. The normalized spacial score (nSPS) is 14.4. The van der Waals surface area contributed by atoms with Crippen LogP contribution < -0.4 is 15.5 Å². The van der Waals surface area contributed by atoms with Crippen molar-refractivity contribution in [3.63, 3.8) is 0 Å². The average molecular weight is 405 g/mol. The van der Waals surface area contributed by atoms with Crippen LogP contribution in [-0.4, -0.2) is 24.1 Å². The molecule has 7 heteroatoms. The zero-order valence-corrected chi connectivity index (χ0v) is 16.2. The van der Waals surface area contributed by atoms with E-state index in [-0.39, 0.29) is 16.7 Å². The number of carbonyl (C=O) groups excluding carboxylic acids is 1. The number of allylic oxidation sites excluding steroid dienone is 1. The number of benzene rings is 2. The monoisotopic (exact) mass is 405 g/mol. The van der Waals surface area contributed by atoms with Crippen molar-refractivity contribution in [2.45, 2.75) is 19.3 Å². The smallest absolute Gasteiger partial charge is 0.394 e. The fourth-order valence-corrected chi connectivity index (χ4v) is 3.66. The average Bonchev–Trinajstić information content (AvgIpc) is 2.74. The fourth-order valence-electron chi connectivity index (χ4n) is 3.66. The Bertz CT molecular complexity index is 1250. The van der Waals surface area contributed by atoms with Gasteiger partial charge in [0.1, 0.15) is 17.1 Å². The van der Waals surface area contributed by atoms with Crippen molar-refractivity contribution < 1.29 is 23.8 Å². The number of methoxy groups -OCH3 is 1. The fraction of sp³-hybridized carbons (Fsp3) is 0.174. The number of ether oxygens (including phenoxy) is 1. The number of hydrogen-bond donors (Lipinski definition) is 2. The van der Waals surface area contributed by atoms with E-state index in [0.29, 0.717) is 23.1 Å². The molecule has 30 heavy (non-hydrogen) atoms. The van der Waals surface area contributed by atoms with Crippen molar-refractivity contribution in [3.05, 3.63) is 69.6 Å². The molecule has 0 bridgehead atoms. The second-order valence-electron chi connectivity index (χ2n) is 6.97. The first-order valence-corrected chi connectivity index (χ1v) is 9.46. The molecule has 0 radical (unpaired) electrons. The van der Waals surface area contributed by atoms with Gasteiger partial charge in [0.25, 0.3) is 0 Å². The summed E-state index contributed by atoms with van der Waals surface area (Å²) in [6.07, 6.45) is 4.15. The Morgan fingerprint density at radius 1 is 1.17 bits per heavy atom. The molecule has 0 spiro atoms. The summed E-state index contributed by atoms with van der Waals surface area (Å²) >= 11 is 0. The molecule has 7 nitrogen and oxygen atoms in total. The third kappa shape index (κ3) is 3.57. The Morgan fingerprint density at radius 2 is 1.97 bits per heavy atom. The van der Waals surface area contributed by atoms with Gasteiger partial charge in [0, 0.05) is 22.9 Å². The van der Waals surface area contributed by atoms with Gasteiger partial charge in [-0.2, -0.15) is 0 Å². The van der Waals surface area contributed by atoms with Crippen LogP contribution in [0.15, 0.2) is 51.7 Å². The molecule has 1 aliphatic rings. The van der Waals surface area contributed by atoms with Gasteiger partial charge in [-0.3, -0.25) is 9.59 Å². The van der Waals surface area contributed by atoms with Crippen molar-refractivity contribution >= 4 is 40.2 Å². The summed E-state index contributed by atoms with van der Waals surface area (Å²) in [5.74, 6) is -1.51. The van der Waals surface area contributed by atoms with Crippen LogP contribution in [0.5, 0.6) is 5.75 Å². The lowest BCUT2D eigenvalue weighted by Crippen LogP contribution is -2.22. The first-order valence-electron chi connectivity index (χ1n) is 9.46. The molecule has 0 fully saturated rings. The van der Waals surface area contributed by atoms with Crippen molar-refractivity contribution in [2.75, 3.05) is 12.4 Å². The van der Waals surface area contributed by atoms with Gasteiger partial charge in [-0.15, -0.1) is 0 Å². The summed E-state index contributed by atoms with van der Waals surface area (Å²) in [5, 5.41) is 11.4. The highest BCUT2D eigenvalue weighted by atomic mass is 16.5. The van der Waals surface area contributed by atoms with Gasteiger partial charge in [-0.05, 0) is 49.1 Å². The zero-order valence-electron chi connectivity index (χ0n) is 16.2. The van der Waals surface area contributed by atoms with Crippen LogP contribution in [0.3, 0.4) is 0 Å². The Kier molecular flexibility index (Phi) is 5.10. The summed E-state index contributed by atoms with van der Waals surface area (Å²) in [6.45, 7) is 0. The SMILES string of the molecule is COc1ccccc1/C=C1\CCCc2c1oc1cc(NC(=O)C(=O)O)ccc1c2=O.